The molecule has 6 heteroatoms. The molecule has 0 aliphatic carbocycles. The molecule has 20 heavy (non-hydrogen) atoms. The van der Waals surface area contributed by atoms with E-state index < -0.39 is 0 Å². The summed E-state index contributed by atoms with van der Waals surface area (Å²) < 4.78 is 4.37. The lowest BCUT2D eigenvalue weighted by Gasteiger charge is -2.16. The summed E-state index contributed by atoms with van der Waals surface area (Å²) in [7, 11) is 4.19. The highest BCUT2D eigenvalue weighted by Gasteiger charge is 2.27. The molecule has 2 aromatic rings. The lowest BCUT2D eigenvalue weighted by Crippen LogP contribution is -2.19. The number of nitrogens with zero attached hydrogens (tertiary/aromatic N) is 5. The van der Waals surface area contributed by atoms with Gasteiger partial charge in [-0.1, -0.05) is 6.92 Å². The molecule has 1 aliphatic heterocycles. The molecule has 1 fully saturated rings. The van der Waals surface area contributed by atoms with E-state index in [9.17, 15) is 0 Å². The zero-order valence-electron chi connectivity index (χ0n) is 12.4. The van der Waals surface area contributed by atoms with Gasteiger partial charge in [-0.05, 0) is 26.4 Å². The Kier molecular flexibility index (Phi) is 3.73. The Bertz CT molecular complexity index is 615. The Hall–Kier alpha value is -1.07. The highest BCUT2D eigenvalue weighted by Crippen LogP contribution is 2.29. The summed E-state index contributed by atoms with van der Waals surface area (Å²) in [5, 5.41) is 4.61. The molecule has 3 heterocycles. The molecule has 1 atom stereocenters. The Balaban J connectivity index is 2.15. The van der Waals surface area contributed by atoms with Crippen LogP contribution in [-0.4, -0.2) is 50.2 Å². The maximum Gasteiger partial charge on any atom is 0.158 e. The van der Waals surface area contributed by atoms with Gasteiger partial charge in [-0.3, -0.25) is 4.68 Å². The second kappa shape index (κ2) is 5.37. The molecule has 0 N–H and O–H groups in total. The lowest BCUT2D eigenvalue weighted by atomic mass is 10.2. The van der Waals surface area contributed by atoms with E-state index in [0.29, 0.717) is 11.9 Å². The fourth-order valence-electron chi connectivity index (χ4n) is 3.25. The van der Waals surface area contributed by atoms with Crippen molar-refractivity contribution in [3.05, 3.63) is 11.5 Å². The summed E-state index contributed by atoms with van der Waals surface area (Å²) >= 11 is 5.97. The topological polar surface area (TPSA) is 38.9 Å². The Morgan fingerprint density at radius 1 is 1.35 bits per heavy atom. The third kappa shape index (κ3) is 2.13. The standard InChI is InChI=1S/C14H22ClN5/c1-4-11-13-14(19(3)17-11)20(12(16-13)5-7-15)10-6-8-18(2)9-10/h10H,4-9H2,1-3H3. The third-order valence-electron chi connectivity index (χ3n) is 4.19. The molecule has 110 valence electrons. The second-order valence-electron chi connectivity index (χ2n) is 5.64. The van der Waals surface area contributed by atoms with Crippen LogP contribution in [0.4, 0.5) is 0 Å². The van der Waals surface area contributed by atoms with Gasteiger partial charge in [0.15, 0.2) is 5.65 Å². The number of likely N-dealkylation sites (N-methyl/N-ethyl adjacent to an activating group) is 1. The molecular weight excluding hydrogens is 274 g/mol. The molecule has 2 aromatic heterocycles. The van der Waals surface area contributed by atoms with Gasteiger partial charge in [-0.2, -0.15) is 5.10 Å². The number of hydrogen-bond donors (Lipinski definition) is 0. The highest BCUT2D eigenvalue weighted by molar-refractivity contribution is 6.17. The second-order valence-corrected chi connectivity index (χ2v) is 6.02. The van der Waals surface area contributed by atoms with Crippen LogP contribution in [0.1, 0.15) is 30.9 Å². The van der Waals surface area contributed by atoms with Crippen LogP contribution in [0.3, 0.4) is 0 Å². The van der Waals surface area contributed by atoms with E-state index in [1.54, 1.807) is 0 Å². The first kappa shape index (κ1) is 13.9. The molecule has 0 aromatic carbocycles. The number of fused-ring (bicyclic) bond motifs is 1. The maximum atomic E-state index is 5.97. The van der Waals surface area contributed by atoms with E-state index in [4.69, 9.17) is 16.6 Å². The Morgan fingerprint density at radius 2 is 2.15 bits per heavy atom. The predicted molar refractivity (Wildman–Crippen MR) is 81.5 cm³/mol. The van der Waals surface area contributed by atoms with E-state index in [1.165, 1.54) is 6.42 Å². The highest BCUT2D eigenvalue weighted by atomic mass is 35.5. The summed E-state index contributed by atoms with van der Waals surface area (Å²) in [5.41, 5.74) is 3.30. The van der Waals surface area contributed by atoms with E-state index in [2.05, 4.69) is 28.5 Å². The fraction of sp³-hybridized carbons (Fsp3) is 0.714. The molecule has 0 radical (unpaired) electrons. The summed E-state index contributed by atoms with van der Waals surface area (Å²) in [6.07, 6.45) is 2.91. The van der Waals surface area contributed by atoms with E-state index in [-0.39, 0.29) is 0 Å². The quantitative estimate of drug-likeness (QED) is 0.810. The van der Waals surface area contributed by atoms with Crippen LogP contribution < -0.4 is 0 Å². The van der Waals surface area contributed by atoms with Crippen molar-refractivity contribution in [3.8, 4) is 0 Å². The summed E-state index contributed by atoms with van der Waals surface area (Å²) in [6.45, 7) is 4.35. The molecule has 1 aliphatic rings. The minimum absolute atomic E-state index is 0.489. The smallest absolute Gasteiger partial charge is 0.158 e. The summed E-state index contributed by atoms with van der Waals surface area (Å²) in [4.78, 5) is 7.21. The molecule has 1 unspecified atom stereocenters. The fourth-order valence-corrected chi connectivity index (χ4v) is 3.42. The van der Waals surface area contributed by atoms with Gasteiger partial charge in [-0.25, -0.2) is 4.98 Å². The zero-order valence-corrected chi connectivity index (χ0v) is 13.2. The summed E-state index contributed by atoms with van der Waals surface area (Å²) in [6, 6.07) is 0.489. The third-order valence-corrected chi connectivity index (χ3v) is 4.38. The molecule has 5 nitrogen and oxygen atoms in total. The number of aryl methyl sites for hydroxylation is 3. The predicted octanol–water partition coefficient (Wildman–Crippen LogP) is 1.99. The average Bonchev–Trinajstić information content (AvgIpc) is 3.06. The van der Waals surface area contributed by atoms with Crippen molar-refractivity contribution in [2.24, 2.45) is 7.05 Å². The SMILES string of the molecule is CCc1nn(C)c2c1nc(CCCl)n2C1CCN(C)C1. The minimum Gasteiger partial charge on any atom is -0.308 e. The van der Waals surface area contributed by atoms with Crippen molar-refractivity contribution < 1.29 is 0 Å². The number of halogens is 1. The van der Waals surface area contributed by atoms with Crippen LogP contribution in [-0.2, 0) is 19.9 Å². The lowest BCUT2D eigenvalue weighted by molar-refractivity contribution is 0.391. The molecular formula is C14H22ClN5. The summed E-state index contributed by atoms with van der Waals surface area (Å²) in [5.74, 6) is 1.72. The van der Waals surface area contributed by atoms with Gasteiger partial charge in [-0.15, -0.1) is 11.6 Å². The van der Waals surface area contributed by atoms with Crippen LogP contribution >= 0.6 is 11.6 Å². The van der Waals surface area contributed by atoms with Crippen molar-refractivity contribution in [2.75, 3.05) is 26.0 Å². The Labute approximate surface area is 124 Å². The molecule has 3 rings (SSSR count). The number of imidazole rings is 1. The first-order chi connectivity index (χ1) is 9.65. The zero-order chi connectivity index (χ0) is 14.3. The maximum absolute atomic E-state index is 5.97. The Morgan fingerprint density at radius 3 is 2.75 bits per heavy atom. The average molecular weight is 296 g/mol. The minimum atomic E-state index is 0.489. The van der Waals surface area contributed by atoms with Gasteiger partial charge in [0.1, 0.15) is 11.3 Å². The first-order valence-corrected chi connectivity index (χ1v) is 7.86. The van der Waals surface area contributed by atoms with Gasteiger partial charge >= 0.3 is 0 Å². The first-order valence-electron chi connectivity index (χ1n) is 7.32. The molecule has 1 saturated heterocycles. The number of aromatic nitrogens is 4. The number of likely N-dealkylation sites (tertiary alicyclic amines) is 1. The molecule has 0 saturated carbocycles. The number of hydrogen-bond acceptors (Lipinski definition) is 3. The van der Waals surface area contributed by atoms with E-state index in [1.807, 2.05) is 11.7 Å². The monoisotopic (exact) mass is 295 g/mol. The molecule has 0 spiro atoms. The van der Waals surface area contributed by atoms with Crippen LogP contribution in [0.15, 0.2) is 0 Å². The van der Waals surface area contributed by atoms with Gasteiger partial charge in [0.05, 0.1) is 11.7 Å². The van der Waals surface area contributed by atoms with Crippen molar-refractivity contribution in [1.29, 1.82) is 0 Å². The van der Waals surface area contributed by atoms with Gasteiger partial charge in [0, 0.05) is 25.9 Å². The van der Waals surface area contributed by atoms with Gasteiger partial charge in [0.25, 0.3) is 0 Å². The van der Waals surface area contributed by atoms with Crippen LogP contribution in [0, 0.1) is 0 Å². The number of alkyl halides is 1. The van der Waals surface area contributed by atoms with Crippen LogP contribution in [0.25, 0.3) is 11.2 Å². The van der Waals surface area contributed by atoms with Crippen molar-refractivity contribution >= 4 is 22.8 Å². The largest absolute Gasteiger partial charge is 0.308 e. The van der Waals surface area contributed by atoms with Crippen molar-refractivity contribution in [3.63, 3.8) is 0 Å². The number of rotatable bonds is 4. The molecule has 0 bridgehead atoms. The van der Waals surface area contributed by atoms with Gasteiger partial charge < -0.3 is 9.47 Å². The van der Waals surface area contributed by atoms with Crippen molar-refractivity contribution in [1.82, 2.24) is 24.2 Å². The van der Waals surface area contributed by atoms with Crippen molar-refractivity contribution in [2.45, 2.75) is 32.2 Å². The molecule has 0 amide bonds. The van der Waals surface area contributed by atoms with Crippen LogP contribution in [0.2, 0.25) is 0 Å². The van der Waals surface area contributed by atoms with E-state index in [0.717, 1.165) is 48.6 Å². The normalized spacial score (nSPS) is 20.3. The van der Waals surface area contributed by atoms with E-state index >= 15 is 0 Å². The van der Waals surface area contributed by atoms with Gasteiger partial charge in [0.2, 0.25) is 0 Å². The van der Waals surface area contributed by atoms with Crippen LogP contribution in [0.5, 0.6) is 0 Å².